The van der Waals surface area contributed by atoms with Crippen LogP contribution in [0.25, 0.3) is 0 Å². The van der Waals surface area contributed by atoms with Crippen molar-refractivity contribution in [1.29, 1.82) is 0 Å². The molecule has 14 heavy (non-hydrogen) atoms. The molecule has 0 N–H and O–H groups in total. The van der Waals surface area contributed by atoms with Crippen LogP contribution in [-0.4, -0.2) is 32.6 Å². The molecule has 82 valence electrons. The van der Waals surface area contributed by atoms with Crippen molar-refractivity contribution in [3.8, 4) is 0 Å². The average Bonchev–Trinajstić information content (AvgIpc) is 2.15. The predicted molar refractivity (Wildman–Crippen MR) is 52.8 cm³/mol. The fourth-order valence-corrected chi connectivity index (χ4v) is 1.15. The monoisotopic (exact) mass is 202 g/mol. The number of rotatable bonds is 7. The molecule has 4 nitrogen and oxygen atoms in total. The Balaban J connectivity index is 4.19. The molecule has 0 aromatic carbocycles. The molecule has 0 amide bonds. The molecule has 0 fully saturated rings. The van der Waals surface area contributed by atoms with Crippen molar-refractivity contribution in [1.82, 2.24) is 0 Å². The number of allylic oxidation sites excluding steroid dienone is 1. The Labute approximate surface area is 84.8 Å². The number of carbonyl (C=O) groups is 1. The summed E-state index contributed by atoms with van der Waals surface area (Å²) in [7, 11) is 3.02. The van der Waals surface area contributed by atoms with E-state index in [1.165, 1.54) is 21.1 Å². The summed E-state index contributed by atoms with van der Waals surface area (Å²) in [6.07, 6.45) is 2.27. The number of methoxy groups -OCH3 is 2. The van der Waals surface area contributed by atoms with Gasteiger partial charge in [-0.1, -0.05) is 6.08 Å². The van der Waals surface area contributed by atoms with Gasteiger partial charge in [-0.15, -0.1) is 6.58 Å². The van der Waals surface area contributed by atoms with Crippen molar-refractivity contribution in [3.63, 3.8) is 0 Å². The predicted octanol–water partition coefficient (Wildman–Crippen LogP) is 1.50. The van der Waals surface area contributed by atoms with Crippen molar-refractivity contribution < 1.29 is 19.0 Å². The third-order valence-corrected chi connectivity index (χ3v) is 1.74. The van der Waals surface area contributed by atoms with Crippen LogP contribution in [0.1, 0.15) is 19.8 Å². The first-order chi connectivity index (χ1) is 6.65. The van der Waals surface area contributed by atoms with E-state index in [-0.39, 0.29) is 12.1 Å². The molecule has 0 saturated carbocycles. The molecule has 0 unspecified atom stereocenters. The molecule has 0 aliphatic carbocycles. The van der Waals surface area contributed by atoms with Gasteiger partial charge in [0.2, 0.25) is 0 Å². The number of hydrogen-bond donors (Lipinski definition) is 0. The second-order valence-corrected chi connectivity index (χ2v) is 2.85. The molecule has 0 aromatic rings. The van der Waals surface area contributed by atoms with E-state index in [1.54, 1.807) is 6.08 Å². The number of hydrogen-bond acceptors (Lipinski definition) is 4. The second kappa shape index (κ2) is 7.53. The molecular formula is C10H18O4. The van der Waals surface area contributed by atoms with Gasteiger partial charge in [-0.2, -0.15) is 0 Å². The van der Waals surface area contributed by atoms with Gasteiger partial charge < -0.3 is 14.2 Å². The summed E-state index contributed by atoms with van der Waals surface area (Å²) in [6.45, 7) is 4.97. The largest absolute Gasteiger partial charge is 0.457 e. The van der Waals surface area contributed by atoms with Crippen LogP contribution in [0.4, 0.5) is 0 Å². The summed E-state index contributed by atoms with van der Waals surface area (Å²) >= 11 is 0. The summed E-state index contributed by atoms with van der Waals surface area (Å²) in [5, 5.41) is 0. The van der Waals surface area contributed by atoms with Crippen LogP contribution in [0.15, 0.2) is 12.7 Å². The molecule has 0 bridgehead atoms. The van der Waals surface area contributed by atoms with Crippen molar-refractivity contribution in [3.05, 3.63) is 12.7 Å². The van der Waals surface area contributed by atoms with E-state index in [1.807, 2.05) is 0 Å². The molecule has 1 atom stereocenters. The quantitative estimate of drug-likeness (QED) is 0.356. The molecule has 0 aliphatic heterocycles. The summed E-state index contributed by atoms with van der Waals surface area (Å²) in [5.74, 6) is -0.335. The van der Waals surface area contributed by atoms with Gasteiger partial charge in [0.1, 0.15) is 0 Å². The van der Waals surface area contributed by atoms with Crippen LogP contribution in [0.2, 0.25) is 0 Å². The summed E-state index contributed by atoms with van der Waals surface area (Å²) in [4.78, 5) is 10.8. The third-order valence-electron chi connectivity index (χ3n) is 1.74. The molecule has 0 saturated heterocycles. The Kier molecular flexibility index (Phi) is 7.06. The number of esters is 1. The Morgan fingerprint density at radius 1 is 1.43 bits per heavy atom. The molecule has 0 aromatic heterocycles. The van der Waals surface area contributed by atoms with Crippen LogP contribution in [0, 0.1) is 0 Å². The number of ether oxygens (including phenoxy) is 3. The standard InChI is InChI=1S/C10H18O4/c1-5-6-7-9(14-8(2)11)10(12-3)13-4/h5,9-10H,1,6-7H2,2-4H3/t9-/m0/s1. The fraction of sp³-hybridized carbons (Fsp3) is 0.700. The zero-order chi connectivity index (χ0) is 11.0. The lowest BCUT2D eigenvalue weighted by molar-refractivity contribution is -0.191. The third kappa shape index (κ3) is 4.99. The van der Waals surface area contributed by atoms with Gasteiger partial charge in [0.25, 0.3) is 0 Å². The first-order valence-corrected chi connectivity index (χ1v) is 4.49. The average molecular weight is 202 g/mol. The lowest BCUT2D eigenvalue weighted by Gasteiger charge is -2.23. The maximum absolute atomic E-state index is 10.8. The summed E-state index contributed by atoms with van der Waals surface area (Å²) in [5.41, 5.74) is 0. The molecule has 4 heteroatoms. The van der Waals surface area contributed by atoms with Crippen molar-refractivity contribution in [2.45, 2.75) is 32.2 Å². The zero-order valence-corrected chi connectivity index (χ0v) is 8.99. The van der Waals surface area contributed by atoms with Gasteiger partial charge in [-0.05, 0) is 12.8 Å². The van der Waals surface area contributed by atoms with Gasteiger partial charge >= 0.3 is 5.97 Å². The van der Waals surface area contributed by atoms with Crippen LogP contribution < -0.4 is 0 Å². The Morgan fingerprint density at radius 3 is 2.36 bits per heavy atom. The molecule has 0 heterocycles. The molecule has 0 aliphatic rings. The normalized spacial score (nSPS) is 12.6. The molecular weight excluding hydrogens is 184 g/mol. The molecule has 0 radical (unpaired) electrons. The Morgan fingerprint density at radius 2 is 2.00 bits per heavy atom. The SMILES string of the molecule is C=CCC[C@H](OC(C)=O)C(OC)OC. The van der Waals surface area contributed by atoms with Crippen LogP contribution in [-0.2, 0) is 19.0 Å². The van der Waals surface area contributed by atoms with Crippen LogP contribution >= 0.6 is 0 Å². The van der Waals surface area contributed by atoms with E-state index >= 15 is 0 Å². The van der Waals surface area contributed by atoms with E-state index in [4.69, 9.17) is 14.2 Å². The van der Waals surface area contributed by atoms with Gasteiger partial charge in [0, 0.05) is 21.1 Å². The van der Waals surface area contributed by atoms with Gasteiger partial charge in [0.05, 0.1) is 0 Å². The van der Waals surface area contributed by atoms with Gasteiger partial charge in [-0.25, -0.2) is 0 Å². The summed E-state index contributed by atoms with van der Waals surface area (Å²) in [6, 6.07) is 0. The van der Waals surface area contributed by atoms with E-state index in [2.05, 4.69) is 6.58 Å². The first kappa shape index (κ1) is 13.1. The van der Waals surface area contributed by atoms with E-state index < -0.39 is 6.29 Å². The molecule has 0 spiro atoms. The van der Waals surface area contributed by atoms with Crippen molar-refractivity contribution >= 4 is 5.97 Å². The van der Waals surface area contributed by atoms with Gasteiger partial charge in [-0.3, -0.25) is 4.79 Å². The Hall–Kier alpha value is -0.870. The zero-order valence-electron chi connectivity index (χ0n) is 8.99. The second-order valence-electron chi connectivity index (χ2n) is 2.85. The maximum Gasteiger partial charge on any atom is 0.303 e. The molecule has 0 rings (SSSR count). The fourth-order valence-electron chi connectivity index (χ4n) is 1.15. The highest BCUT2D eigenvalue weighted by Gasteiger charge is 2.22. The maximum atomic E-state index is 10.8. The highest BCUT2D eigenvalue weighted by Crippen LogP contribution is 2.11. The van der Waals surface area contributed by atoms with E-state index in [0.717, 1.165) is 6.42 Å². The number of carbonyl (C=O) groups excluding carboxylic acids is 1. The minimum atomic E-state index is -0.515. The highest BCUT2D eigenvalue weighted by molar-refractivity contribution is 5.66. The lowest BCUT2D eigenvalue weighted by atomic mass is 10.2. The highest BCUT2D eigenvalue weighted by atomic mass is 16.7. The minimum absolute atomic E-state index is 0.335. The van der Waals surface area contributed by atoms with E-state index in [0.29, 0.717) is 6.42 Å². The Bertz CT molecular complexity index is 175. The minimum Gasteiger partial charge on any atom is -0.457 e. The first-order valence-electron chi connectivity index (χ1n) is 4.49. The van der Waals surface area contributed by atoms with Crippen LogP contribution in [0.5, 0.6) is 0 Å². The lowest BCUT2D eigenvalue weighted by Crippen LogP contribution is -2.33. The van der Waals surface area contributed by atoms with E-state index in [9.17, 15) is 4.79 Å². The van der Waals surface area contributed by atoms with Gasteiger partial charge in [0.15, 0.2) is 12.4 Å². The van der Waals surface area contributed by atoms with Crippen molar-refractivity contribution in [2.75, 3.05) is 14.2 Å². The summed E-state index contributed by atoms with van der Waals surface area (Å²) < 4.78 is 15.1. The van der Waals surface area contributed by atoms with Crippen LogP contribution in [0.3, 0.4) is 0 Å². The van der Waals surface area contributed by atoms with Crippen molar-refractivity contribution in [2.24, 2.45) is 0 Å². The smallest absolute Gasteiger partial charge is 0.303 e. The topological polar surface area (TPSA) is 44.8 Å².